The molecule has 3 nitrogen and oxygen atoms in total. The van der Waals surface area contributed by atoms with Gasteiger partial charge in [-0.25, -0.2) is 0 Å². The smallest absolute Gasteiger partial charge is 0.257 e. The van der Waals surface area contributed by atoms with Crippen LogP contribution in [0.1, 0.15) is 21.6 Å². The molecule has 1 amide bonds. The Morgan fingerprint density at radius 2 is 1.90 bits per heavy atom. The number of amides is 1. The molecule has 2 rings (SSSR count). The van der Waals surface area contributed by atoms with Gasteiger partial charge in [-0.1, -0.05) is 23.2 Å². The molecule has 0 fully saturated rings. The minimum absolute atomic E-state index is 0. The number of aromatic nitrogens is 1. The predicted octanol–water partition coefficient (Wildman–Crippen LogP) is 0.289. The van der Waals surface area contributed by atoms with Crippen LogP contribution in [-0.4, -0.2) is 5.91 Å². The van der Waals surface area contributed by atoms with Crippen LogP contribution in [0.4, 0.5) is 0 Å². The van der Waals surface area contributed by atoms with E-state index in [4.69, 9.17) is 23.2 Å². The Balaban J connectivity index is 0.00000220. The lowest BCUT2D eigenvalue weighted by atomic mass is 10.2. The summed E-state index contributed by atoms with van der Waals surface area (Å²) < 4.78 is 1.97. The number of hydrogen-bond acceptors (Lipinski definition) is 1. The van der Waals surface area contributed by atoms with Crippen molar-refractivity contribution in [3.63, 3.8) is 0 Å². The maximum Gasteiger partial charge on any atom is 0.257 e. The molecular weight excluding hydrogens is 331 g/mol. The summed E-state index contributed by atoms with van der Waals surface area (Å²) in [7, 11) is 0. The van der Waals surface area contributed by atoms with Crippen molar-refractivity contribution in [1.82, 2.24) is 5.32 Å². The van der Waals surface area contributed by atoms with Gasteiger partial charge in [0.15, 0.2) is 11.9 Å². The van der Waals surface area contributed by atoms with Crippen LogP contribution in [0.5, 0.6) is 0 Å². The average molecular weight is 346 g/mol. The standard InChI is InChI=1S/C15H14Cl2N2O.ClH/c1-10-3-4-11(2)19(8-10)9-18-15(20)13-6-5-12(16)7-14(13)17;/h3-8H,9H2,1-2H3;1H. The second kappa shape index (κ2) is 7.64. The summed E-state index contributed by atoms with van der Waals surface area (Å²) in [4.78, 5) is 12.1. The molecule has 0 aliphatic carbocycles. The molecule has 1 aromatic carbocycles. The van der Waals surface area contributed by atoms with Crippen LogP contribution in [0.25, 0.3) is 0 Å². The molecule has 0 unspecified atom stereocenters. The van der Waals surface area contributed by atoms with Gasteiger partial charge in [-0.15, -0.1) is 0 Å². The zero-order valence-electron chi connectivity index (χ0n) is 11.7. The number of rotatable bonds is 3. The van der Waals surface area contributed by atoms with E-state index < -0.39 is 0 Å². The minimum atomic E-state index is -0.222. The first-order chi connectivity index (χ1) is 9.47. The van der Waals surface area contributed by atoms with Gasteiger partial charge in [0.25, 0.3) is 5.91 Å². The minimum Gasteiger partial charge on any atom is -1.00 e. The first-order valence-electron chi connectivity index (χ1n) is 6.17. The second-order valence-electron chi connectivity index (χ2n) is 4.61. The molecule has 1 aromatic heterocycles. The number of nitrogens with zero attached hydrogens (tertiary/aromatic N) is 1. The van der Waals surface area contributed by atoms with Gasteiger partial charge in [-0.3, -0.25) is 10.1 Å². The number of aryl methyl sites for hydroxylation is 2. The van der Waals surface area contributed by atoms with Crippen molar-refractivity contribution in [2.24, 2.45) is 0 Å². The third-order valence-electron chi connectivity index (χ3n) is 2.99. The van der Waals surface area contributed by atoms with Crippen LogP contribution in [0.3, 0.4) is 0 Å². The molecule has 112 valence electrons. The van der Waals surface area contributed by atoms with Crippen molar-refractivity contribution in [3.05, 3.63) is 63.4 Å². The van der Waals surface area contributed by atoms with Gasteiger partial charge in [0.1, 0.15) is 0 Å². The topological polar surface area (TPSA) is 33.0 Å². The zero-order valence-corrected chi connectivity index (χ0v) is 13.9. The second-order valence-corrected chi connectivity index (χ2v) is 5.45. The van der Waals surface area contributed by atoms with E-state index >= 15 is 0 Å². The molecule has 0 aliphatic rings. The highest BCUT2D eigenvalue weighted by molar-refractivity contribution is 6.36. The molecule has 1 heterocycles. The van der Waals surface area contributed by atoms with Crippen molar-refractivity contribution in [1.29, 1.82) is 0 Å². The van der Waals surface area contributed by atoms with E-state index in [9.17, 15) is 4.79 Å². The highest BCUT2D eigenvalue weighted by atomic mass is 35.5. The molecular formula is C15H15Cl3N2O. The van der Waals surface area contributed by atoms with E-state index in [1.807, 2.05) is 36.7 Å². The van der Waals surface area contributed by atoms with Crippen molar-refractivity contribution >= 4 is 29.1 Å². The summed E-state index contributed by atoms with van der Waals surface area (Å²) in [5.74, 6) is -0.222. The van der Waals surface area contributed by atoms with E-state index in [1.165, 1.54) is 0 Å². The van der Waals surface area contributed by atoms with Crippen molar-refractivity contribution < 1.29 is 21.8 Å². The first kappa shape index (κ1) is 17.8. The molecule has 0 saturated heterocycles. The monoisotopic (exact) mass is 344 g/mol. The summed E-state index contributed by atoms with van der Waals surface area (Å²) in [5.41, 5.74) is 2.62. The number of nitrogens with one attached hydrogen (secondary N) is 1. The van der Waals surface area contributed by atoms with Crippen LogP contribution < -0.4 is 22.3 Å². The Hall–Kier alpha value is -1.29. The van der Waals surface area contributed by atoms with Gasteiger partial charge < -0.3 is 12.4 Å². The molecule has 21 heavy (non-hydrogen) atoms. The van der Waals surface area contributed by atoms with Gasteiger partial charge in [0.05, 0.1) is 10.6 Å². The van der Waals surface area contributed by atoms with E-state index in [0.29, 0.717) is 22.3 Å². The number of halogens is 3. The van der Waals surface area contributed by atoms with E-state index in [0.717, 1.165) is 11.3 Å². The highest BCUT2D eigenvalue weighted by Gasteiger charge is 2.13. The fourth-order valence-corrected chi connectivity index (χ4v) is 2.33. The fourth-order valence-electron chi connectivity index (χ4n) is 1.83. The Kier molecular flexibility index (Phi) is 6.46. The van der Waals surface area contributed by atoms with Gasteiger partial charge in [0, 0.05) is 23.6 Å². The van der Waals surface area contributed by atoms with Crippen LogP contribution in [-0.2, 0) is 6.67 Å². The van der Waals surface area contributed by atoms with E-state index in [-0.39, 0.29) is 18.3 Å². The lowest BCUT2D eigenvalue weighted by molar-refractivity contribution is -0.705. The molecule has 0 saturated carbocycles. The third kappa shape index (κ3) is 4.60. The van der Waals surface area contributed by atoms with Crippen molar-refractivity contribution in [2.75, 3.05) is 0 Å². The Morgan fingerprint density at radius 3 is 2.57 bits per heavy atom. The molecule has 0 atom stereocenters. The first-order valence-corrected chi connectivity index (χ1v) is 6.93. The van der Waals surface area contributed by atoms with Gasteiger partial charge in [0.2, 0.25) is 6.67 Å². The lowest BCUT2D eigenvalue weighted by Crippen LogP contribution is -3.00. The van der Waals surface area contributed by atoms with Gasteiger partial charge >= 0.3 is 0 Å². The summed E-state index contributed by atoms with van der Waals surface area (Å²) >= 11 is 11.8. The quantitative estimate of drug-likeness (QED) is 0.797. The molecule has 0 spiro atoms. The van der Waals surface area contributed by atoms with Crippen LogP contribution in [0.2, 0.25) is 10.0 Å². The number of carbonyl (C=O) groups is 1. The van der Waals surface area contributed by atoms with Crippen molar-refractivity contribution in [3.8, 4) is 0 Å². The number of carbonyl (C=O) groups excluding carboxylic acids is 1. The van der Waals surface area contributed by atoms with E-state index in [1.54, 1.807) is 18.2 Å². The van der Waals surface area contributed by atoms with Crippen LogP contribution >= 0.6 is 23.2 Å². The lowest BCUT2D eigenvalue weighted by Gasteiger charge is -2.06. The average Bonchev–Trinajstić information content (AvgIpc) is 2.39. The van der Waals surface area contributed by atoms with Gasteiger partial charge in [-0.2, -0.15) is 4.57 Å². The molecule has 1 N–H and O–H groups in total. The zero-order chi connectivity index (χ0) is 14.7. The Labute approximate surface area is 140 Å². The van der Waals surface area contributed by atoms with Crippen molar-refractivity contribution in [2.45, 2.75) is 20.5 Å². The molecule has 0 bridgehead atoms. The number of benzene rings is 1. The largest absolute Gasteiger partial charge is 1.00 e. The SMILES string of the molecule is Cc1ccc(C)[n+](CNC(=O)c2ccc(Cl)cc2Cl)c1.[Cl-]. The predicted molar refractivity (Wildman–Crippen MR) is 80.0 cm³/mol. The van der Waals surface area contributed by atoms with Gasteiger partial charge in [-0.05, 0) is 31.2 Å². The number of pyridine rings is 1. The number of hydrogen-bond donors (Lipinski definition) is 1. The maximum absolute atomic E-state index is 12.1. The molecule has 0 aliphatic heterocycles. The summed E-state index contributed by atoms with van der Waals surface area (Å²) in [6.07, 6.45) is 1.99. The van der Waals surface area contributed by atoms with Crippen LogP contribution in [0, 0.1) is 13.8 Å². The fraction of sp³-hybridized carbons (Fsp3) is 0.200. The van der Waals surface area contributed by atoms with E-state index in [2.05, 4.69) is 5.32 Å². The Morgan fingerprint density at radius 1 is 1.19 bits per heavy atom. The maximum atomic E-state index is 12.1. The molecule has 2 aromatic rings. The highest BCUT2D eigenvalue weighted by Crippen LogP contribution is 2.20. The summed E-state index contributed by atoms with van der Waals surface area (Å²) in [6, 6.07) is 8.87. The summed E-state index contributed by atoms with van der Waals surface area (Å²) in [5, 5.41) is 3.70. The molecule has 0 radical (unpaired) electrons. The Bertz CT molecular complexity index is 659. The summed E-state index contributed by atoms with van der Waals surface area (Å²) in [6.45, 7) is 4.39. The third-order valence-corrected chi connectivity index (χ3v) is 3.53. The van der Waals surface area contributed by atoms with Crippen LogP contribution in [0.15, 0.2) is 36.5 Å². The normalized spacial score (nSPS) is 9.90. The molecule has 6 heteroatoms.